The van der Waals surface area contributed by atoms with Crippen molar-refractivity contribution < 1.29 is 24.5 Å². The Labute approximate surface area is 101 Å². The first-order chi connectivity index (χ1) is 7.67. The average molecular weight is 247 g/mol. The van der Waals surface area contributed by atoms with Gasteiger partial charge in [0.2, 0.25) is 0 Å². The summed E-state index contributed by atoms with van der Waals surface area (Å²) in [6, 6.07) is -1.33. The molecule has 17 heavy (non-hydrogen) atoms. The van der Waals surface area contributed by atoms with Gasteiger partial charge < -0.3 is 20.3 Å². The van der Waals surface area contributed by atoms with Crippen molar-refractivity contribution in [2.75, 3.05) is 6.61 Å². The van der Waals surface area contributed by atoms with E-state index in [4.69, 9.17) is 14.9 Å². The number of nitrogens with one attached hydrogen (secondary N) is 1. The largest absolute Gasteiger partial charge is 0.480 e. The second-order valence-corrected chi connectivity index (χ2v) is 4.13. The van der Waals surface area contributed by atoms with Gasteiger partial charge in [-0.05, 0) is 27.7 Å². The normalized spacial score (nSPS) is 11.6. The van der Waals surface area contributed by atoms with Gasteiger partial charge in [0.05, 0.1) is 6.61 Å². The Hall–Kier alpha value is -1.56. The fourth-order valence-corrected chi connectivity index (χ4v) is 0.635. The topological polar surface area (TPSA) is 95.9 Å². The van der Waals surface area contributed by atoms with Crippen molar-refractivity contribution >= 4 is 12.1 Å². The van der Waals surface area contributed by atoms with E-state index in [1.165, 1.54) is 0 Å². The van der Waals surface area contributed by atoms with Crippen LogP contribution < -0.4 is 5.32 Å². The standard InChI is InChI=1S/C8H15NO5.C3H6/c1-8(2,3)14-7(13)9-5(4-10)6(11)12;1-3-2/h5,10H,4H2,1-3H3,(H,9,13)(H,11,12);3H,1H2,2H3/t5-;/m0./s1. The molecule has 0 aromatic rings. The van der Waals surface area contributed by atoms with Crippen molar-refractivity contribution in [2.24, 2.45) is 0 Å². The summed E-state index contributed by atoms with van der Waals surface area (Å²) in [5.74, 6) is -1.31. The molecular weight excluding hydrogens is 226 g/mol. The number of amides is 1. The van der Waals surface area contributed by atoms with E-state index in [2.05, 4.69) is 6.58 Å². The number of rotatable bonds is 3. The van der Waals surface area contributed by atoms with Gasteiger partial charge in [0.1, 0.15) is 5.60 Å². The second kappa shape index (κ2) is 8.58. The Morgan fingerprint density at radius 2 is 1.88 bits per heavy atom. The van der Waals surface area contributed by atoms with Crippen molar-refractivity contribution in [3.63, 3.8) is 0 Å². The molecule has 100 valence electrons. The number of carboxylic acids is 1. The van der Waals surface area contributed by atoms with E-state index in [0.29, 0.717) is 0 Å². The number of carbonyl (C=O) groups is 2. The summed E-state index contributed by atoms with van der Waals surface area (Å²) in [5.41, 5.74) is -0.692. The molecule has 0 spiro atoms. The number of allylic oxidation sites excluding steroid dienone is 1. The minimum absolute atomic E-state index is 0.672. The summed E-state index contributed by atoms with van der Waals surface area (Å²) < 4.78 is 4.80. The molecule has 0 heterocycles. The van der Waals surface area contributed by atoms with Crippen LogP contribution in [0.2, 0.25) is 0 Å². The van der Waals surface area contributed by atoms with Crippen LogP contribution in [-0.4, -0.2) is 40.5 Å². The van der Waals surface area contributed by atoms with Gasteiger partial charge >= 0.3 is 12.1 Å². The van der Waals surface area contributed by atoms with Crippen molar-refractivity contribution in [2.45, 2.75) is 39.3 Å². The van der Waals surface area contributed by atoms with Crippen LogP contribution >= 0.6 is 0 Å². The van der Waals surface area contributed by atoms with Crippen LogP contribution in [0.4, 0.5) is 4.79 Å². The van der Waals surface area contributed by atoms with Crippen LogP contribution in [0.25, 0.3) is 0 Å². The van der Waals surface area contributed by atoms with Crippen molar-refractivity contribution in [1.82, 2.24) is 5.32 Å². The highest BCUT2D eigenvalue weighted by Gasteiger charge is 2.22. The lowest BCUT2D eigenvalue weighted by Gasteiger charge is -2.21. The van der Waals surface area contributed by atoms with Crippen molar-refractivity contribution in [3.8, 4) is 0 Å². The zero-order valence-electron chi connectivity index (χ0n) is 10.7. The van der Waals surface area contributed by atoms with Gasteiger partial charge in [-0.15, -0.1) is 6.58 Å². The molecule has 0 saturated carbocycles. The molecule has 0 aliphatic heterocycles. The average Bonchev–Trinajstić information content (AvgIpc) is 2.12. The summed E-state index contributed by atoms with van der Waals surface area (Å²) in [4.78, 5) is 21.4. The number of carboxylic acid groups (broad SMARTS) is 1. The van der Waals surface area contributed by atoms with Gasteiger partial charge in [-0.1, -0.05) is 6.08 Å². The Morgan fingerprint density at radius 3 is 2.12 bits per heavy atom. The molecule has 0 aliphatic carbocycles. The molecule has 0 saturated heterocycles. The van der Waals surface area contributed by atoms with Crippen LogP contribution in [0.15, 0.2) is 12.7 Å². The van der Waals surface area contributed by atoms with Gasteiger partial charge in [-0.2, -0.15) is 0 Å². The van der Waals surface area contributed by atoms with E-state index in [1.807, 2.05) is 12.2 Å². The van der Waals surface area contributed by atoms with E-state index in [0.717, 1.165) is 0 Å². The van der Waals surface area contributed by atoms with E-state index >= 15 is 0 Å². The van der Waals surface area contributed by atoms with Crippen LogP contribution in [0.5, 0.6) is 0 Å². The van der Waals surface area contributed by atoms with Gasteiger partial charge in [-0.25, -0.2) is 9.59 Å². The summed E-state index contributed by atoms with van der Waals surface area (Å²) in [5, 5.41) is 19.1. The molecular formula is C11H21NO5. The fourth-order valence-electron chi connectivity index (χ4n) is 0.635. The van der Waals surface area contributed by atoms with E-state index in [-0.39, 0.29) is 0 Å². The molecule has 0 fully saturated rings. The molecule has 0 rings (SSSR count). The van der Waals surface area contributed by atoms with Crippen LogP contribution in [0.3, 0.4) is 0 Å². The molecule has 6 nitrogen and oxygen atoms in total. The lowest BCUT2D eigenvalue weighted by Crippen LogP contribution is -2.45. The minimum Gasteiger partial charge on any atom is -0.480 e. The summed E-state index contributed by atoms with van der Waals surface area (Å²) in [6.45, 7) is 9.54. The van der Waals surface area contributed by atoms with Gasteiger partial charge in [0.15, 0.2) is 6.04 Å². The molecule has 0 aliphatic rings. The smallest absolute Gasteiger partial charge is 0.408 e. The Bertz CT molecular complexity index is 257. The lowest BCUT2D eigenvalue weighted by atomic mass is 10.2. The molecule has 0 unspecified atom stereocenters. The maximum absolute atomic E-state index is 11.0. The third-order valence-corrected chi connectivity index (χ3v) is 1.17. The van der Waals surface area contributed by atoms with E-state index in [1.54, 1.807) is 26.8 Å². The number of carbonyl (C=O) groups excluding carboxylic acids is 1. The molecule has 6 heteroatoms. The molecule has 1 amide bonds. The van der Waals surface area contributed by atoms with E-state index < -0.39 is 30.3 Å². The SMILES string of the molecule is C=CC.CC(C)(C)OC(=O)N[C@@H](CO)C(=O)O. The van der Waals surface area contributed by atoms with Crippen LogP contribution in [0, 0.1) is 0 Å². The van der Waals surface area contributed by atoms with Gasteiger partial charge in [0, 0.05) is 0 Å². The molecule has 0 radical (unpaired) electrons. The predicted octanol–water partition coefficient (Wildman–Crippen LogP) is 1.15. The summed E-state index contributed by atoms with van der Waals surface area (Å²) >= 11 is 0. The van der Waals surface area contributed by atoms with Crippen molar-refractivity contribution in [1.29, 1.82) is 0 Å². The number of ether oxygens (including phenoxy) is 1. The van der Waals surface area contributed by atoms with Crippen LogP contribution in [-0.2, 0) is 9.53 Å². The van der Waals surface area contributed by atoms with Crippen LogP contribution in [0.1, 0.15) is 27.7 Å². The zero-order chi connectivity index (χ0) is 14.1. The Balaban J connectivity index is 0. The number of hydrogen-bond acceptors (Lipinski definition) is 4. The highest BCUT2D eigenvalue weighted by atomic mass is 16.6. The number of aliphatic hydroxyl groups excluding tert-OH is 1. The monoisotopic (exact) mass is 247 g/mol. The Kier molecular flexibility index (Phi) is 8.99. The summed E-state index contributed by atoms with van der Waals surface area (Å²) in [6.07, 6.45) is 0.888. The minimum atomic E-state index is -1.33. The number of aliphatic carboxylic acids is 1. The molecule has 1 atom stereocenters. The molecule has 0 aromatic heterocycles. The molecule has 3 N–H and O–H groups in total. The predicted molar refractivity (Wildman–Crippen MR) is 63.8 cm³/mol. The van der Waals surface area contributed by atoms with E-state index in [9.17, 15) is 9.59 Å². The molecule has 0 aromatic carbocycles. The number of aliphatic hydroxyl groups is 1. The number of alkyl carbamates (subject to hydrolysis) is 1. The zero-order valence-corrected chi connectivity index (χ0v) is 10.7. The first-order valence-corrected chi connectivity index (χ1v) is 5.08. The van der Waals surface area contributed by atoms with Gasteiger partial charge in [-0.3, -0.25) is 0 Å². The van der Waals surface area contributed by atoms with Crippen molar-refractivity contribution in [3.05, 3.63) is 12.7 Å². The lowest BCUT2D eigenvalue weighted by molar-refractivity contribution is -0.140. The Morgan fingerprint density at radius 1 is 1.47 bits per heavy atom. The second-order valence-electron chi connectivity index (χ2n) is 4.13. The van der Waals surface area contributed by atoms with Gasteiger partial charge in [0.25, 0.3) is 0 Å². The first kappa shape index (κ1) is 17.8. The maximum atomic E-state index is 11.0. The maximum Gasteiger partial charge on any atom is 0.408 e. The number of hydrogen-bond donors (Lipinski definition) is 3. The third-order valence-electron chi connectivity index (χ3n) is 1.17. The quantitative estimate of drug-likeness (QED) is 0.650. The molecule has 0 bridgehead atoms. The highest BCUT2D eigenvalue weighted by Crippen LogP contribution is 2.06. The highest BCUT2D eigenvalue weighted by molar-refractivity contribution is 5.80. The summed E-state index contributed by atoms with van der Waals surface area (Å²) in [7, 11) is 0. The first-order valence-electron chi connectivity index (χ1n) is 5.08. The third kappa shape index (κ3) is 12.4. The fraction of sp³-hybridized carbons (Fsp3) is 0.636.